The van der Waals surface area contributed by atoms with Crippen molar-refractivity contribution >= 4 is 0 Å². The first-order valence-electron chi connectivity index (χ1n) is 11.0. The van der Waals surface area contributed by atoms with Crippen LogP contribution < -0.4 is 0 Å². The van der Waals surface area contributed by atoms with Crippen LogP contribution in [0.1, 0.15) is 129 Å². The predicted molar refractivity (Wildman–Crippen MR) is 111 cm³/mol. The lowest BCUT2D eigenvalue weighted by molar-refractivity contribution is 0.576. The molecule has 24 heavy (non-hydrogen) atoms. The van der Waals surface area contributed by atoms with Crippen LogP contribution in [0.2, 0.25) is 0 Å². The molecule has 140 valence electrons. The van der Waals surface area contributed by atoms with Gasteiger partial charge in [-0.25, -0.2) is 0 Å². The van der Waals surface area contributed by atoms with Crippen molar-refractivity contribution < 1.29 is 0 Å². The first-order valence-corrected chi connectivity index (χ1v) is 11.0. The number of hydrogen-bond acceptors (Lipinski definition) is 0. The molecule has 0 heterocycles. The average molecular weight is 333 g/mol. The Morgan fingerprint density at radius 3 is 1.50 bits per heavy atom. The number of unbranched alkanes of at least 4 members (excludes halogenated alkanes) is 15. The van der Waals surface area contributed by atoms with Crippen LogP contribution in [0, 0.1) is 11.8 Å². The molecule has 0 aromatic rings. The molecule has 0 amide bonds. The van der Waals surface area contributed by atoms with E-state index < -0.39 is 0 Å². The molecule has 0 N–H and O–H groups in total. The van der Waals surface area contributed by atoms with Gasteiger partial charge in [0.1, 0.15) is 0 Å². The van der Waals surface area contributed by atoms with Gasteiger partial charge in [-0.1, -0.05) is 122 Å². The van der Waals surface area contributed by atoms with E-state index in [1.165, 1.54) is 103 Å². The maximum atomic E-state index is 4.12. The van der Waals surface area contributed by atoms with E-state index in [4.69, 9.17) is 0 Å². The summed E-state index contributed by atoms with van der Waals surface area (Å²) in [7, 11) is 0. The Kier molecular flexibility index (Phi) is 19.8. The quantitative estimate of drug-likeness (QED) is 0.185. The van der Waals surface area contributed by atoms with Gasteiger partial charge in [-0.3, -0.25) is 0 Å². The minimum atomic E-state index is 1.06. The Bertz CT molecular complexity index is 315. The predicted octanol–water partition coefficient (Wildman–Crippen LogP) is 8.61. The lowest BCUT2D eigenvalue weighted by Gasteiger charge is -2.01. The third kappa shape index (κ3) is 19.3. The Balaban J connectivity index is 3.29. The molecule has 0 saturated carbocycles. The van der Waals surface area contributed by atoms with E-state index in [0.717, 1.165) is 18.4 Å². The maximum Gasteiger partial charge on any atom is 0.00923 e. The second kappa shape index (κ2) is 20.3. The van der Waals surface area contributed by atoms with Crippen molar-refractivity contribution in [3.8, 4) is 11.8 Å². The van der Waals surface area contributed by atoms with Gasteiger partial charge in [-0.15, -0.1) is 0 Å². The lowest BCUT2D eigenvalue weighted by atomic mass is 10.0. The van der Waals surface area contributed by atoms with Gasteiger partial charge in [-0.05, 0) is 24.8 Å². The topological polar surface area (TPSA) is 0 Å². The summed E-state index contributed by atoms with van der Waals surface area (Å²) in [4.78, 5) is 0. The zero-order chi connectivity index (χ0) is 17.7. The van der Waals surface area contributed by atoms with E-state index in [9.17, 15) is 0 Å². The van der Waals surface area contributed by atoms with Gasteiger partial charge in [0.15, 0.2) is 0 Å². The molecule has 0 atom stereocenters. The van der Waals surface area contributed by atoms with Crippen LogP contribution in [0.25, 0.3) is 0 Å². The molecule has 0 rings (SSSR count). The number of hydrogen-bond donors (Lipinski definition) is 0. The van der Waals surface area contributed by atoms with Crippen molar-refractivity contribution in [2.75, 3.05) is 0 Å². The highest BCUT2D eigenvalue weighted by Crippen LogP contribution is 2.12. The molecule has 0 aliphatic carbocycles. The fraction of sp³-hybridized carbons (Fsp3) is 0.833. The second-order valence-electron chi connectivity index (χ2n) is 7.36. The van der Waals surface area contributed by atoms with Crippen molar-refractivity contribution in [2.24, 2.45) is 0 Å². The number of allylic oxidation sites excluding steroid dienone is 1. The van der Waals surface area contributed by atoms with Crippen LogP contribution >= 0.6 is 0 Å². The van der Waals surface area contributed by atoms with Crippen molar-refractivity contribution in [3.05, 3.63) is 12.2 Å². The number of rotatable bonds is 17. The molecule has 0 aromatic carbocycles. The minimum Gasteiger partial charge on any atom is -0.0983 e. The smallest absolute Gasteiger partial charge is 0.00923 e. The van der Waals surface area contributed by atoms with Crippen LogP contribution in [0.3, 0.4) is 0 Å². The summed E-state index contributed by atoms with van der Waals surface area (Å²) < 4.78 is 0. The monoisotopic (exact) mass is 332 g/mol. The van der Waals surface area contributed by atoms with Gasteiger partial charge in [0, 0.05) is 6.42 Å². The Morgan fingerprint density at radius 1 is 0.583 bits per heavy atom. The van der Waals surface area contributed by atoms with Gasteiger partial charge < -0.3 is 0 Å². The summed E-state index contributed by atoms with van der Waals surface area (Å²) in [5.41, 5.74) is 1.15. The Hall–Kier alpha value is -0.700. The summed E-state index contributed by atoms with van der Waals surface area (Å²) in [5, 5.41) is 0. The van der Waals surface area contributed by atoms with E-state index in [0.29, 0.717) is 0 Å². The Morgan fingerprint density at radius 2 is 1.00 bits per heavy atom. The first-order chi connectivity index (χ1) is 11.8. The van der Waals surface area contributed by atoms with Gasteiger partial charge in [0.25, 0.3) is 0 Å². The van der Waals surface area contributed by atoms with E-state index in [-0.39, 0.29) is 0 Å². The van der Waals surface area contributed by atoms with Crippen LogP contribution in [0.4, 0.5) is 0 Å². The normalized spacial score (nSPS) is 10.4. The van der Waals surface area contributed by atoms with Crippen LogP contribution in [-0.4, -0.2) is 0 Å². The molecule has 0 nitrogen and oxygen atoms in total. The maximum absolute atomic E-state index is 4.12. The molecule has 0 bridgehead atoms. The molecule has 0 aliphatic heterocycles. The van der Waals surface area contributed by atoms with Gasteiger partial charge in [-0.2, -0.15) is 0 Å². The summed E-state index contributed by atoms with van der Waals surface area (Å²) >= 11 is 0. The van der Waals surface area contributed by atoms with Gasteiger partial charge in [0.05, 0.1) is 0 Å². The average Bonchev–Trinajstić information content (AvgIpc) is 2.59. The van der Waals surface area contributed by atoms with E-state index in [2.05, 4.69) is 32.3 Å². The van der Waals surface area contributed by atoms with Crippen LogP contribution in [-0.2, 0) is 0 Å². The first kappa shape index (κ1) is 23.3. The third-order valence-electron chi connectivity index (χ3n) is 4.75. The fourth-order valence-corrected chi connectivity index (χ4v) is 3.07. The highest BCUT2D eigenvalue weighted by Gasteiger charge is 1.94. The minimum absolute atomic E-state index is 1.06. The van der Waals surface area contributed by atoms with Crippen molar-refractivity contribution in [1.29, 1.82) is 0 Å². The highest BCUT2D eigenvalue weighted by atomic mass is 14.0. The highest BCUT2D eigenvalue weighted by molar-refractivity contribution is 5.25. The molecule has 0 radical (unpaired) electrons. The molecule has 0 unspecified atom stereocenters. The summed E-state index contributed by atoms with van der Waals surface area (Å²) in [6.45, 7) is 8.67. The molecule has 0 spiro atoms. The SMILES string of the molecule is C=C(C#CCCCCCCCCCC)CCCCCCCCCC. The van der Waals surface area contributed by atoms with Crippen LogP contribution in [0.15, 0.2) is 12.2 Å². The van der Waals surface area contributed by atoms with E-state index in [1.54, 1.807) is 0 Å². The van der Waals surface area contributed by atoms with E-state index in [1.807, 2.05) is 0 Å². The van der Waals surface area contributed by atoms with Crippen LogP contribution in [0.5, 0.6) is 0 Å². The molecule has 0 saturated heterocycles. The van der Waals surface area contributed by atoms with E-state index >= 15 is 0 Å². The van der Waals surface area contributed by atoms with Gasteiger partial charge in [0.2, 0.25) is 0 Å². The van der Waals surface area contributed by atoms with Crippen molar-refractivity contribution in [1.82, 2.24) is 0 Å². The standard InChI is InChI=1S/C24H44/c1-4-6-8-10-12-14-15-17-19-21-23-24(3)22-20-18-16-13-11-9-7-5-2/h3-20,22H2,1-2H3. The summed E-state index contributed by atoms with van der Waals surface area (Å²) in [6.07, 6.45) is 24.2. The van der Waals surface area contributed by atoms with Crippen molar-refractivity contribution in [2.45, 2.75) is 129 Å². The lowest BCUT2D eigenvalue weighted by Crippen LogP contribution is -1.83. The molecule has 0 fully saturated rings. The fourth-order valence-electron chi connectivity index (χ4n) is 3.07. The second-order valence-corrected chi connectivity index (χ2v) is 7.36. The molecular formula is C24H44. The molecular weight excluding hydrogens is 288 g/mol. The van der Waals surface area contributed by atoms with Crippen molar-refractivity contribution in [3.63, 3.8) is 0 Å². The zero-order valence-corrected chi connectivity index (χ0v) is 16.9. The molecule has 0 aliphatic rings. The largest absolute Gasteiger partial charge is 0.0983 e. The third-order valence-corrected chi connectivity index (χ3v) is 4.75. The summed E-state index contributed by atoms with van der Waals surface area (Å²) in [5.74, 6) is 6.60. The Labute approximate surface area is 153 Å². The molecule has 0 heteroatoms. The molecule has 0 aromatic heterocycles. The zero-order valence-electron chi connectivity index (χ0n) is 16.9. The van der Waals surface area contributed by atoms with Gasteiger partial charge >= 0.3 is 0 Å². The summed E-state index contributed by atoms with van der Waals surface area (Å²) in [6, 6.07) is 0.